The fourth-order valence-electron chi connectivity index (χ4n) is 1.15. The lowest BCUT2D eigenvalue weighted by Crippen LogP contribution is -2.12. The molecule has 0 aliphatic rings. The zero-order valence-corrected chi connectivity index (χ0v) is 10.6. The predicted octanol–water partition coefficient (Wildman–Crippen LogP) is 2.76. The molecule has 0 spiro atoms. The summed E-state index contributed by atoms with van der Waals surface area (Å²) < 4.78 is 32.3. The van der Waals surface area contributed by atoms with Gasteiger partial charge in [0.05, 0.1) is 0 Å². The number of nitrogens with one attached hydrogen (secondary N) is 1. The van der Waals surface area contributed by atoms with E-state index in [9.17, 15) is 13.6 Å². The van der Waals surface area contributed by atoms with Crippen molar-refractivity contribution in [2.24, 2.45) is 0 Å². The molecule has 18 heavy (non-hydrogen) atoms. The highest BCUT2D eigenvalue weighted by molar-refractivity contribution is 7.13. The van der Waals surface area contributed by atoms with Gasteiger partial charge in [0.25, 0.3) is 5.91 Å². The number of aromatic nitrogens is 2. The van der Waals surface area contributed by atoms with Crippen molar-refractivity contribution in [3.63, 3.8) is 0 Å². The summed E-state index contributed by atoms with van der Waals surface area (Å²) in [6.07, 6.45) is 0. The van der Waals surface area contributed by atoms with Gasteiger partial charge in [-0.3, -0.25) is 10.1 Å². The van der Waals surface area contributed by atoms with Gasteiger partial charge < -0.3 is 4.74 Å². The Morgan fingerprint density at radius 3 is 2.94 bits per heavy atom. The van der Waals surface area contributed by atoms with Crippen LogP contribution >= 0.6 is 22.9 Å². The molecule has 2 heterocycles. The van der Waals surface area contributed by atoms with E-state index in [1.54, 1.807) is 6.92 Å². The highest BCUT2D eigenvalue weighted by Gasteiger charge is 2.18. The van der Waals surface area contributed by atoms with Crippen molar-refractivity contribution in [1.29, 1.82) is 0 Å². The molecule has 2 aromatic heterocycles. The second-order valence-corrected chi connectivity index (χ2v) is 4.76. The third-order valence-electron chi connectivity index (χ3n) is 1.80. The normalized spacial score (nSPS) is 10.7. The Labute approximate surface area is 109 Å². The summed E-state index contributed by atoms with van der Waals surface area (Å²) in [6.45, 7) is -1.28. The van der Waals surface area contributed by atoms with Crippen LogP contribution in [0.5, 0.6) is 5.75 Å². The molecule has 1 N–H and O–H groups in total. The maximum atomic E-state index is 12.1. The number of nitrogens with zero attached hydrogens (tertiary/aromatic N) is 2. The quantitative estimate of drug-likeness (QED) is 0.940. The predicted molar refractivity (Wildman–Crippen MR) is 63.6 cm³/mol. The summed E-state index contributed by atoms with van der Waals surface area (Å²) >= 11 is 2.03. The Bertz CT molecular complexity index is 556. The van der Waals surface area contributed by atoms with Gasteiger partial charge in [0, 0.05) is 11.5 Å². The van der Waals surface area contributed by atoms with Gasteiger partial charge in [-0.1, -0.05) is 0 Å². The monoisotopic (exact) mass is 291 g/mol. The maximum absolute atomic E-state index is 12.1. The summed E-state index contributed by atoms with van der Waals surface area (Å²) in [6, 6.07) is 1.32. The number of halogens is 2. The lowest BCUT2D eigenvalue weighted by molar-refractivity contribution is -0.0498. The molecule has 0 atom stereocenters. The second kappa shape index (κ2) is 5.36. The average molecular weight is 291 g/mol. The Hall–Kier alpha value is -1.61. The van der Waals surface area contributed by atoms with Crippen LogP contribution in [-0.4, -0.2) is 21.9 Å². The van der Waals surface area contributed by atoms with Crippen LogP contribution in [0.2, 0.25) is 0 Å². The smallest absolute Gasteiger partial charge is 0.387 e. The van der Waals surface area contributed by atoms with Gasteiger partial charge in [-0.25, -0.2) is 4.98 Å². The molecule has 0 bridgehead atoms. The Morgan fingerprint density at radius 2 is 2.33 bits per heavy atom. The van der Waals surface area contributed by atoms with Crippen LogP contribution in [0.15, 0.2) is 11.4 Å². The lowest BCUT2D eigenvalue weighted by atomic mass is 10.4. The number of carbonyl (C=O) groups is 1. The number of ether oxygens (including phenoxy) is 1. The van der Waals surface area contributed by atoms with E-state index in [4.69, 9.17) is 0 Å². The Balaban J connectivity index is 2.11. The fourth-order valence-corrected chi connectivity index (χ4v) is 2.44. The molecule has 5 nitrogen and oxygen atoms in total. The summed E-state index contributed by atoms with van der Waals surface area (Å²) in [5.41, 5.74) is 0. The third-order valence-corrected chi connectivity index (χ3v) is 3.42. The average Bonchev–Trinajstić information content (AvgIpc) is 2.87. The summed E-state index contributed by atoms with van der Waals surface area (Å²) in [5, 5.41) is 4.28. The van der Waals surface area contributed by atoms with Crippen LogP contribution in [0.1, 0.15) is 15.5 Å². The van der Waals surface area contributed by atoms with E-state index in [-0.39, 0.29) is 10.6 Å². The molecule has 0 aliphatic carbocycles. The highest BCUT2D eigenvalue weighted by atomic mass is 32.1. The molecular weight excluding hydrogens is 284 g/mol. The molecule has 0 fully saturated rings. The first kappa shape index (κ1) is 12.8. The first-order chi connectivity index (χ1) is 8.56. The molecule has 2 rings (SSSR count). The zero-order chi connectivity index (χ0) is 13.1. The van der Waals surface area contributed by atoms with Gasteiger partial charge in [-0.15, -0.1) is 11.3 Å². The van der Waals surface area contributed by atoms with Crippen molar-refractivity contribution in [2.75, 3.05) is 5.32 Å². The van der Waals surface area contributed by atoms with E-state index in [0.29, 0.717) is 11.0 Å². The number of carbonyl (C=O) groups excluding carboxylic acids is 1. The molecule has 0 aromatic carbocycles. The topological polar surface area (TPSA) is 64.1 Å². The first-order valence-electron chi connectivity index (χ1n) is 4.70. The molecule has 0 unspecified atom stereocenters. The lowest BCUT2D eigenvalue weighted by Gasteiger charge is -2.04. The van der Waals surface area contributed by atoms with Gasteiger partial charge >= 0.3 is 6.61 Å². The Morgan fingerprint density at radius 1 is 1.56 bits per heavy atom. The Kier molecular flexibility index (Phi) is 3.82. The number of rotatable bonds is 4. The van der Waals surface area contributed by atoms with Crippen LogP contribution in [0, 0.1) is 6.92 Å². The molecule has 0 saturated heterocycles. The summed E-state index contributed by atoms with van der Waals surface area (Å²) in [4.78, 5) is 15.8. The molecule has 0 saturated carbocycles. The molecule has 9 heteroatoms. The van der Waals surface area contributed by atoms with Crippen LogP contribution < -0.4 is 10.1 Å². The minimum Gasteiger partial charge on any atom is -0.433 e. The summed E-state index contributed by atoms with van der Waals surface area (Å²) in [7, 11) is 0. The maximum Gasteiger partial charge on any atom is 0.387 e. The van der Waals surface area contributed by atoms with Crippen molar-refractivity contribution in [3.8, 4) is 5.75 Å². The second-order valence-electron chi connectivity index (χ2n) is 3.09. The molecule has 0 aliphatic heterocycles. The molecule has 2 aromatic rings. The first-order valence-corrected chi connectivity index (χ1v) is 6.35. The van der Waals surface area contributed by atoms with Crippen LogP contribution in [0.3, 0.4) is 0 Å². The van der Waals surface area contributed by atoms with Gasteiger partial charge in [0.2, 0.25) is 5.13 Å². The minimum atomic E-state index is -2.96. The number of hydrogen-bond acceptors (Lipinski definition) is 6. The number of amides is 1. The van der Waals surface area contributed by atoms with Gasteiger partial charge in [-0.2, -0.15) is 13.2 Å². The highest BCUT2D eigenvalue weighted by Crippen LogP contribution is 2.27. The van der Waals surface area contributed by atoms with Gasteiger partial charge in [0.15, 0.2) is 0 Å². The molecule has 0 radical (unpaired) electrons. The van der Waals surface area contributed by atoms with Crippen LogP contribution in [0.25, 0.3) is 0 Å². The number of hydrogen-bond donors (Lipinski definition) is 1. The zero-order valence-electron chi connectivity index (χ0n) is 9.02. The third kappa shape index (κ3) is 2.99. The van der Waals surface area contributed by atoms with E-state index in [1.807, 2.05) is 0 Å². The SMILES string of the molecule is Cc1nsc(NC(=O)c2sccc2OC(F)F)n1. The van der Waals surface area contributed by atoms with Crippen LogP contribution in [-0.2, 0) is 0 Å². The number of alkyl halides is 2. The van der Waals surface area contributed by atoms with Crippen molar-refractivity contribution in [1.82, 2.24) is 9.36 Å². The van der Waals surface area contributed by atoms with Crippen molar-refractivity contribution in [2.45, 2.75) is 13.5 Å². The summed E-state index contributed by atoms with van der Waals surface area (Å²) in [5.74, 6) is -0.156. The molecule has 96 valence electrons. The van der Waals surface area contributed by atoms with E-state index in [0.717, 1.165) is 22.9 Å². The minimum absolute atomic E-state index is 0.0724. The van der Waals surface area contributed by atoms with Crippen molar-refractivity contribution >= 4 is 33.9 Å². The van der Waals surface area contributed by atoms with Crippen LogP contribution in [0.4, 0.5) is 13.9 Å². The number of aryl methyl sites for hydroxylation is 1. The molecular formula is C9H7F2N3O2S2. The van der Waals surface area contributed by atoms with Gasteiger partial charge in [-0.05, 0) is 18.4 Å². The standard InChI is InChI=1S/C9H7F2N3O2S2/c1-4-12-9(18-14-4)13-7(15)6-5(2-3-17-6)16-8(10)11/h2-3,8H,1H3,(H,12,13,14,15). The van der Waals surface area contributed by atoms with Crippen molar-refractivity contribution in [3.05, 3.63) is 22.1 Å². The van der Waals surface area contributed by atoms with E-state index in [2.05, 4.69) is 19.4 Å². The largest absolute Gasteiger partial charge is 0.433 e. The van der Waals surface area contributed by atoms with E-state index >= 15 is 0 Å². The van der Waals surface area contributed by atoms with Gasteiger partial charge in [0.1, 0.15) is 16.5 Å². The van der Waals surface area contributed by atoms with E-state index < -0.39 is 12.5 Å². The van der Waals surface area contributed by atoms with Crippen molar-refractivity contribution < 1.29 is 18.3 Å². The molecule has 1 amide bonds. The fraction of sp³-hybridized carbons (Fsp3) is 0.222. The number of thiophene rings is 1. The number of anilines is 1. The van der Waals surface area contributed by atoms with E-state index in [1.165, 1.54) is 11.4 Å².